The first-order valence-electron chi connectivity index (χ1n) is 6.03. The van der Waals surface area contributed by atoms with Gasteiger partial charge in [-0.3, -0.25) is 0 Å². The van der Waals surface area contributed by atoms with Crippen molar-refractivity contribution in [2.75, 3.05) is 13.7 Å². The number of methoxy groups -OCH3 is 1. The Labute approximate surface area is 117 Å². The molecule has 102 valence electrons. The molecule has 0 bridgehead atoms. The molecule has 6 heteroatoms. The van der Waals surface area contributed by atoms with Gasteiger partial charge in [0, 0.05) is 19.2 Å². The lowest BCUT2D eigenvalue weighted by molar-refractivity contribution is 0.409. The first-order chi connectivity index (χ1) is 9.17. The van der Waals surface area contributed by atoms with Crippen molar-refractivity contribution in [1.82, 2.24) is 14.8 Å². The third kappa shape index (κ3) is 2.90. The minimum atomic E-state index is 0.0958. The van der Waals surface area contributed by atoms with E-state index in [1.165, 1.54) is 0 Å². The second-order valence-electron chi connectivity index (χ2n) is 4.17. The van der Waals surface area contributed by atoms with E-state index in [-0.39, 0.29) is 5.25 Å². The third-order valence-corrected chi connectivity index (χ3v) is 4.30. The molecule has 0 aliphatic carbocycles. The lowest BCUT2D eigenvalue weighted by Gasteiger charge is -2.17. The van der Waals surface area contributed by atoms with Crippen LogP contribution in [0.25, 0.3) is 0 Å². The van der Waals surface area contributed by atoms with Gasteiger partial charge < -0.3 is 15.0 Å². The van der Waals surface area contributed by atoms with E-state index in [1.54, 1.807) is 18.9 Å². The fourth-order valence-corrected chi connectivity index (χ4v) is 2.84. The van der Waals surface area contributed by atoms with Crippen molar-refractivity contribution in [3.8, 4) is 5.75 Å². The number of aryl methyl sites for hydroxylation is 1. The summed E-state index contributed by atoms with van der Waals surface area (Å²) < 4.78 is 7.35. The van der Waals surface area contributed by atoms with Gasteiger partial charge in [0.25, 0.3) is 0 Å². The molecule has 0 fully saturated rings. The molecular weight excluding hydrogens is 260 g/mol. The van der Waals surface area contributed by atoms with Crippen LogP contribution < -0.4 is 10.5 Å². The molecule has 2 N–H and O–H groups in total. The maximum Gasteiger partial charge on any atom is 0.191 e. The van der Waals surface area contributed by atoms with E-state index >= 15 is 0 Å². The predicted octanol–water partition coefficient (Wildman–Crippen LogP) is 1.92. The number of aromatic nitrogens is 3. The van der Waals surface area contributed by atoms with Gasteiger partial charge in [-0.1, -0.05) is 30.0 Å². The van der Waals surface area contributed by atoms with Crippen molar-refractivity contribution in [3.05, 3.63) is 35.7 Å². The lowest BCUT2D eigenvalue weighted by atomic mass is 10.1. The topological polar surface area (TPSA) is 66.0 Å². The molecule has 0 aliphatic rings. The van der Waals surface area contributed by atoms with Crippen molar-refractivity contribution in [2.24, 2.45) is 12.8 Å². The van der Waals surface area contributed by atoms with Crippen LogP contribution in [0.2, 0.25) is 0 Å². The molecule has 0 aliphatic heterocycles. The summed E-state index contributed by atoms with van der Waals surface area (Å²) in [5, 5.41) is 9.18. The van der Waals surface area contributed by atoms with Crippen LogP contribution in [0.4, 0.5) is 0 Å². The Balaban J connectivity index is 2.27. The zero-order chi connectivity index (χ0) is 13.8. The molecule has 5 nitrogen and oxygen atoms in total. The fraction of sp³-hybridized carbons (Fsp3) is 0.385. The lowest BCUT2D eigenvalue weighted by Crippen LogP contribution is -2.11. The molecule has 0 saturated carbocycles. The van der Waals surface area contributed by atoms with Gasteiger partial charge in [0.15, 0.2) is 5.16 Å². The van der Waals surface area contributed by atoms with E-state index < -0.39 is 0 Å². The monoisotopic (exact) mass is 278 g/mol. The highest BCUT2D eigenvalue weighted by Gasteiger charge is 2.18. The fourth-order valence-electron chi connectivity index (χ4n) is 1.79. The number of thioether (sulfide) groups is 1. The van der Waals surface area contributed by atoms with E-state index in [0.717, 1.165) is 22.3 Å². The van der Waals surface area contributed by atoms with Gasteiger partial charge >= 0.3 is 0 Å². The Morgan fingerprint density at radius 1 is 1.37 bits per heavy atom. The molecule has 0 amide bonds. The summed E-state index contributed by atoms with van der Waals surface area (Å²) in [5.41, 5.74) is 6.98. The standard InChI is InChI=1S/C13H18N4OS/c1-9-15-16-13(17(9)2)19-12(8-14)10-6-4-5-7-11(10)18-3/h4-7,12H,8,14H2,1-3H3. The number of nitrogens with two attached hydrogens (primary N) is 1. The van der Waals surface area contributed by atoms with Gasteiger partial charge in [0.05, 0.1) is 12.4 Å². The summed E-state index contributed by atoms with van der Waals surface area (Å²) in [6.07, 6.45) is 0. The van der Waals surface area contributed by atoms with Gasteiger partial charge in [-0.05, 0) is 13.0 Å². The number of para-hydroxylation sites is 1. The highest BCUT2D eigenvalue weighted by atomic mass is 32.2. The summed E-state index contributed by atoms with van der Waals surface area (Å²) >= 11 is 1.60. The van der Waals surface area contributed by atoms with E-state index in [9.17, 15) is 0 Å². The van der Waals surface area contributed by atoms with Crippen LogP contribution in [0.3, 0.4) is 0 Å². The molecule has 2 aromatic rings. The highest BCUT2D eigenvalue weighted by molar-refractivity contribution is 7.99. The second-order valence-corrected chi connectivity index (χ2v) is 5.34. The molecule has 2 rings (SSSR count). The number of ether oxygens (including phenoxy) is 1. The van der Waals surface area contributed by atoms with Gasteiger partial charge in [0.2, 0.25) is 0 Å². The molecule has 19 heavy (non-hydrogen) atoms. The Morgan fingerprint density at radius 2 is 2.11 bits per heavy atom. The van der Waals surface area contributed by atoms with Gasteiger partial charge in [-0.25, -0.2) is 0 Å². The number of hydrogen-bond donors (Lipinski definition) is 1. The van der Waals surface area contributed by atoms with Crippen LogP contribution in [0.1, 0.15) is 16.6 Å². The van der Waals surface area contributed by atoms with Crippen molar-refractivity contribution < 1.29 is 4.74 Å². The minimum Gasteiger partial charge on any atom is -0.496 e. The molecule has 0 spiro atoms. The van der Waals surface area contributed by atoms with Crippen molar-refractivity contribution in [2.45, 2.75) is 17.3 Å². The van der Waals surface area contributed by atoms with Crippen LogP contribution in [-0.4, -0.2) is 28.4 Å². The summed E-state index contributed by atoms with van der Waals surface area (Å²) in [4.78, 5) is 0. The van der Waals surface area contributed by atoms with Crippen molar-refractivity contribution >= 4 is 11.8 Å². The summed E-state index contributed by atoms with van der Waals surface area (Å²) in [6, 6.07) is 7.92. The summed E-state index contributed by atoms with van der Waals surface area (Å²) in [5.74, 6) is 1.74. The van der Waals surface area contributed by atoms with Crippen LogP contribution in [0.15, 0.2) is 29.4 Å². The minimum absolute atomic E-state index is 0.0958. The quantitative estimate of drug-likeness (QED) is 0.846. The van der Waals surface area contributed by atoms with Gasteiger partial charge in [0.1, 0.15) is 11.6 Å². The maximum atomic E-state index is 5.90. The second kappa shape index (κ2) is 6.08. The van der Waals surface area contributed by atoms with Gasteiger partial charge in [-0.15, -0.1) is 10.2 Å². The summed E-state index contributed by atoms with van der Waals surface area (Å²) in [7, 11) is 3.62. The number of rotatable bonds is 5. The normalized spacial score (nSPS) is 12.4. The first kappa shape index (κ1) is 13.9. The van der Waals surface area contributed by atoms with Crippen LogP contribution in [0.5, 0.6) is 5.75 Å². The molecule has 0 saturated heterocycles. The smallest absolute Gasteiger partial charge is 0.191 e. The predicted molar refractivity (Wildman–Crippen MR) is 76.4 cm³/mol. The Kier molecular flexibility index (Phi) is 4.44. The average Bonchev–Trinajstić information content (AvgIpc) is 2.76. The first-order valence-corrected chi connectivity index (χ1v) is 6.91. The van der Waals surface area contributed by atoms with Gasteiger partial charge in [-0.2, -0.15) is 0 Å². The van der Waals surface area contributed by atoms with Crippen molar-refractivity contribution in [3.63, 3.8) is 0 Å². The Bertz CT molecular complexity index is 555. The van der Waals surface area contributed by atoms with Crippen LogP contribution in [-0.2, 0) is 7.05 Å². The highest BCUT2D eigenvalue weighted by Crippen LogP contribution is 2.37. The van der Waals surface area contributed by atoms with E-state index in [4.69, 9.17) is 10.5 Å². The summed E-state index contributed by atoms with van der Waals surface area (Å²) in [6.45, 7) is 2.44. The zero-order valence-electron chi connectivity index (χ0n) is 11.3. The molecule has 0 radical (unpaired) electrons. The van der Waals surface area contributed by atoms with Crippen LogP contribution in [0, 0.1) is 6.92 Å². The number of benzene rings is 1. The SMILES string of the molecule is COc1ccccc1C(CN)Sc1nnc(C)n1C. The average molecular weight is 278 g/mol. The maximum absolute atomic E-state index is 5.90. The van der Waals surface area contributed by atoms with E-state index in [0.29, 0.717) is 6.54 Å². The molecule has 1 aromatic heterocycles. The van der Waals surface area contributed by atoms with E-state index in [2.05, 4.69) is 10.2 Å². The molecular formula is C13H18N4OS. The third-order valence-electron chi connectivity index (χ3n) is 3.00. The number of nitrogens with zero attached hydrogens (tertiary/aromatic N) is 3. The molecule has 1 atom stereocenters. The molecule has 1 heterocycles. The Hall–Kier alpha value is -1.53. The zero-order valence-corrected chi connectivity index (χ0v) is 12.1. The molecule has 1 unspecified atom stereocenters. The Morgan fingerprint density at radius 3 is 2.68 bits per heavy atom. The van der Waals surface area contributed by atoms with Crippen molar-refractivity contribution in [1.29, 1.82) is 0 Å². The number of hydrogen-bond acceptors (Lipinski definition) is 5. The van der Waals surface area contributed by atoms with Crippen LogP contribution >= 0.6 is 11.8 Å². The van der Waals surface area contributed by atoms with E-state index in [1.807, 2.05) is 42.8 Å². The molecule has 1 aromatic carbocycles. The largest absolute Gasteiger partial charge is 0.496 e.